The molecule has 1 aliphatic heterocycles. The number of fused-ring (bicyclic) bond motifs is 1. The number of ether oxygens (including phenoxy) is 2. The summed E-state index contributed by atoms with van der Waals surface area (Å²) in [6.07, 6.45) is -0.733. The summed E-state index contributed by atoms with van der Waals surface area (Å²) in [7, 11) is 0. The first kappa shape index (κ1) is 13.2. The first-order chi connectivity index (χ1) is 9.00. The lowest BCUT2D eigenvalue weighted by Crippen LogP contribution is -2.39. The lowest BCUT2D eigenvalue weighted by molar-refractivity contribution is 0.0691. The second-order valence-electron chi connectivity index (χ2n) is 4.39. The molecule has 1 heterocycles. The molecule has 1 aliphatic rings. The Morgan fingerprint density at radius 2 is 2.16 bits per heavy atom. The molecule has 0 aliphatic carbocycles. The van der Waals surface area contributed by atoms with Crippen molar-refractivity contribution in [2.45, 2.75) is 20.0 Å². The normalized spacial score (nSPS) is 13.7. The van der Waals surface area contributed by atoms with E-state index in [1.807, 2.05) is 0 Å². The summed E-state index contributed by atoms with van der Waals surface area (Å²) in [5, 5.41) is 9.10. The Morgan fingerprint density at radius 3 is 2.79 bits per heavy atom. The number of carboxylic acid groups (broad SMARTS) is 1. The topological polar surface area (TPSA) is 76.1 Å². The molecule has 0 aromatic heterocycles. The second-order valence-corrected chi connectivity index (χ2v) is 4.39. The highest BCUT2D eigenvalue weighted by molar-refractivity contribution is 5.97. The molecule has 1 N–H and O–H groups in total. The van der Waals surface area contributed by atoms with Crippen molar-refractivity contribution in [3.05, 3.63) is 23.8 Å². The van der Waals surface area contributed by atoms with Crippen LogP contribution in [0.15, 0.2) is 18.2 Å². The highest BCUT2D eigenvalue weighted by Crippen LogP contribution is 2.35. The van der Waals surface area contributed by atoms with Gasteiger partial charge in [0.15, 0.2) is 5.75 Å². The van der Waals surface area contributed by atoms with Gasteiger partial charge in [0.05, 0.1) is 18.3 Å². The molecule has 19 heavy (non-hydrogen) atoms. The van der Waals surface area contributed by atoms with Gasteiger partial charge >= 0.3 is 12.1 Å². The van der Waals surface area contributed by atoms with Gasteiger partial charge in [-0.3, -0.25) is 4.90 Å². The average Bonchev–Trinajstić information content (AvgIpc) is 2.36. The van der Waals surface area contributed by atoms with Crippen molar-refractivity contribution in [1.82, 2.24) is 0 Å². The smallest absolute Gasteiger partial charge is 0.414 e. The predicted molar refractivity (Wildman–Crippen MR) is 67.9 cm³/mol. The van der Waals surface area contributed by atoms with Crippen LogP contribution in [0.4, 0.5) is 10.5 Å². The molecule has 2 rings (SSSR count). The number of aromatic carboxylic acids is 1. The van der Waals surface area contributed by atoms with Gasteiger partial charge in [-0.1, -0.05) is 6.07 Å². The molecule has 1 amide bonds. The van der Waals surface area contributed by atoms with Crippen LogP contribution in [0, 0.1) is 0 Å². The Kier molecular flexibility index (Phi) is 3.59. The number of nitrogens with zero attached hydrogens (tertiary/aromatic N) is 1. The maximum Gasteiger partial charge on any atom is 0.414 e. The Morgan fingerprint density at radius 1 is 1.42 bits per heavy atom. The number of rotatable bonds is 2. The number of amides is 1. The van der Waals surface area contributed by atoms with Crippen LogP contribution in [0.2, 0.25) is 0 Å². The van der Waals surface area contributed by atoms with Crippen molar-refractivity contribution >= 4 is 17.7 Å². The largest absolute Gasteiger partial charge is 0.489 e. The zero-order valence-corrected chi connectivity index (χ0v) is 10.8. The van der Waals surface area contributed by atoms with Crippen molar-refractivity contribution < 1.29 is 24.2 Å². The van der Waals surface area contributed by atoms with Gasteiger partial charge in [0, 0.05) is 0 Å². The summed E-state index contributed by atoms with van der Waals surface area (Å²) in [5.41, 5.74) is 0.469. The molecule has 0 bridgehead atoms. The van der Waals surface area contributed by atoms with Crippen molar-refractivity contribution in [1.29, 1.82) is 0 Å². The maximum absolute atomic E-state index is 12.0. The third kappa shape index (κ3) is 2.62. The molecule has 102 valence electrons. The zero-order valence-electron chi connectivity index (χ0n) is 10.8. The van der Waals surface area contributed by atoms with Crippen molar-refractivity contribution in [3.8, 4) is 5.75 Å². The average molecular weight is 265 g/mol. The Labute approximate surface area is 110 Å². The molecule has 0 saturated carbocycles. The van der Waals surface area contributed by atoms with Crippen LogP contribution in [0.3, 0.4) is 0 Å². The van der Waals surface area contributed by atoms with E-state index in [4.69, 9.17) is 14.6 Å². The van der Waals surface area contributed by atoms with Crippen LogP contribution in [0.5, 0.6) is 5.75 Å². The quantitative estimate of drug-likeness (QED) is 0.886. The minimum atomic E-state index is -1.09. The SMILES string of the molecule is CC(C)OC(=O)N1CCOc2c(C(=O)O)cccc21. The van der Waals surface area contributed by atoms with Gasteiger partial charge < -0.3 is 14.6 Å². The summed E-state index contributed by atoms with van der Waals surface area (Å²) < 4.78 is 10.5. The number of carbonyl (C=O) groups excluding carboxylic acids is 1. The van der Waals surface area contributed by atoms with Crippen LogP contribution in [-0.2, 0) is 4.74 Å². The number of benzene rings is 1. The highest BCUT2D eigenvalue weighted by Gasteiger charge is 2.28. The first-order valence-corrected chi connectivity index (χ1v) is 5.98. The molecule has 1 aromatic rings. The van der Waals surface area contributed by atoms with E-state index in [1.165, 1.54) is 11.0 Å². The number of carboxylic acids is 1. The molecule has 0 saturated heterocycles. The molecular weight excluding hydrogens is 250 g/mol. The van der Waals surface area contributed by atoms with Gasteiger partial charge in [0.2, 0.25) is 0 Å². The minimum Gasteiger partial charge on any atom is -0.489 e. The maximum atomic E-state index is 12.0. The number of hydrogen-bond acceptors (Lipinski definition) is 4. The summed E-state index contributed by atoms with van der Waals surface area (Å²) >= 11 is 0. The van der Waals surface area contributed by atoms with Crippen molar-refractivity contribution in [2.24, 2.45) is 0 Å². The molecule has 0 spiro atoms. The molecule has 0 fully saturated rings. The van der Waals surface area contributed by atoms with Gasteiger partial charge in [-0.05, 0) is 26.0 Å². The Hall–Kier alpha value is -2.24. The fraction of sp³-hybridized carbons (Fsp3) is 0.385. The molecule has 1 aromatic carbocycles. The number of carbonyl (C=O) groups is 2. The van der Waals surface area contributed by atoms with E-state index < -0.39 is 12.1 Å². The fourth-order valence-corrected chi connectivity index (χ4v) is 1.87. The lowest BCUT2D eigenvalue weighted by Gasteiger charge is -2.30. The molecule has 0 unspecified atom stereocenters. The van der Waals surface area contributed by atoms with E-state index >= 15 is 0 Å². The van der Waals surface area contributed by atoms with Gasteiger partial charge in [-0.15, -0.1) is 0 Å². The molecule has 6 heteroatoms. The summed E-state index contributed by atoms with van der Waals surface area (Å²) in [5.74, 6) is -0.877. The zero-order chi connectivity index (χ0) is 14.0. The molecule has 0 atom stereocenters. The first-order valence-electron chi connectivity index (χ1n) is 5.98. The van der Waals surface area contributed by atoms with Crippen molar-refractivity contribution in [2.75, 3.05) is 18.1 Å². The van der Waals surface area contributed by atoms with Crippen LogP contribution in [0.1, 0.15) is 24.2 Å². The van der Waals surface area contributed by atoms with Crippen molar-refractivity contribution in [3.63, 3.8) is 0 Å². The van der Waals surface area contributed by atoms with Gasteiger partial charge in [0.1, 0.15) is 12.2 Å². The van der Waals surface area contributed by atoms with E-state index in [9.17, 15) is 9.59 Å². The van der Waals surface area contributed by atoms with Gasteiger partial charge in [-0.25, -0.2) is 9.59 Å². The Bertz CT molecular complexity index is 512. The lowest BCUT2D eigenvalue weighted by atomic mass is 10.1. The number of para-hydroxylation sites is 1. The predicted octanol–water partition coefficient (Wildman–Crippen LogP) is 2.13. The van der Waals surface area contributed by atoms with Crippen LogP contribution >= 0.6 is 0 Å². The Balaban J connectivity index is 2.37. The standard InChI is InChI=1S/C13H15NO5/c1-8(2)19-13(17)14-6-7-18-11-9(12(15)16)4-3-5-10(11)14/h3-5,8H,6-7H2,1-2H3,(H,15,16). The third-order valence-corrected chi connectivity index (χ3v) is 2.63. The van der Waals surface area contributed by atoms with Crippen LogP contribution in [0.25, 0.3) is 0 Å². The molecule has 0 radical (unpaired) electrons. The number of hydrogen-bond donors (Lipinski definition) is 1. The van der Waals surface area contributed by atoms with E-state index in [-0.39, 0.29) is 24.0 Å². The van der Waals surface area contributed by atoms with E-state index in [2.05, 4.69) is 0 Å². The number of anilines is 1. The summed E-state index contributed by atoms with van der Waals surface area (Å²) in [6, 6.07) is 4.66. The monoisotopic (exact) mass is 265 g/mol. The second kappa shape index (κ2) is 5.17. The fourth-order valence-electron chi connectivity index (χ4n) is 1.87. The van der Waals surface area contributed by atoms with Crippen LogP contribution < -0.4 is 9.64 Å². The molecule has 6 nitrogen and oxygen atoms in total. The van der Waals surface area contributed by atoms with E-state index in [0.717, 1.165) is 0 Å². The third-order valence-electron chi connectivity index (χ3n) is 2.63. The van der Waals surface area contributed by atoms with Crippen LogP contribution in [-0.4, -0.2) is 36.4 Å². The van der Waals surface area contributed by atoms with Gasteiger partial charge in [0.25, 0.3) is 0 Å². The van der Waals surface area contributed by atoms with E-state index in [1.54, 1.807) is 26.0 Å². The summed E-state index contributed by atoms with van der Waals surface area (Å²) in [6.45, 7) is 4.09. The highest BCUT2D eigenvalue weighted by atomic mass is 16.6. The molecular formula is C13H15NO5. The summed E-state index contributed by atoms with van der Waals surface area (Å²) in [4.78, 5) is 24.5. The minimum absolute atomic E-state index is 0.0412. The van der Waals surface area contributed by atoms with E-state index in [0.29, 0.717) is 12.2 Å². The van der Waals surface area contributed by atoms with Gasteiger partial charge in [-0.2, -0.15) is 0 Å².